The molecule has 78 valence electrons. The predicted octanol–water partition coefficient (Wildman–Crippen LogP) is 3.15. The molecule has 0 spiro atoms. The summed E-state index contributed by atoms with van der Waals surface area (Å²) in [5.74, 6) is 0. The van der Waals surface area contributed by atoms with E-state index in [9.17, 15) is 0 Å². The Balaban J connectivity index is 2.35. The Morgan fingerprint density at radius 1 is 1.19 bits per heavy atom. The van der Waals surface area contributed by atoms with Crippen molar-refractivity contribution in [1.29, 1.82) is 5.26 Å². The van der Waals surface area contributed by atoms with Crippen LogP contribution in [0.4, 0.5) is 0 Å². The summed E-state index contributed by atoms with van der Waals surface area (Å²) < 4.78 is 0. The summed E-state index contributed by atoms with van der Waals surface area (Å²) in [7, 11) is 0. The highest BCUT2D eigenvalue weighted by Crippen LogP contribution is 2.32. The van der Waals surface area contributed by atoms with E-state index < -0.39 is 0 Å². The maximum absolute atomic E-state index is 8.87. The molecule has 0 aliphatic heterocycles. The van der Waals surface area contributed by atoms with Crippen LogP contribution in [0, 0.1) is 11.3 Å². The highest BCUT2D eigenvalue weighted by molar-refractivity contribution is 7.99. The number of nitrogens with zero attached hydrogens (tertiary/aromatic N) is 3. The maximum atomic E-state index is 8.87. The highest BCUT2D eigenvalue weighted by Gasteiger charge is 2.08. The average Bonchev–Trinajstić information content (AvgIpc) is 2.33. The Hall–Kier alpha value is -1.57. The Morgan fingerprint density at radius 3 is 2.69 bits per heavy atom. The van der Waals surface area contributed by atoms with Crippen molar-refractivity contribution >= 4 is 23.4 Å². The first-order valence-corrected chi connectivity index (χ1v) is 5.64. The van der Waals surface area contributed by atoms with Crippen LogP contribution in [0.2, 0.25) is 5.02 Å². The second-order valence-electron chi connectivity index (χ2n) is 2.85. The van der Waals surface area contributed by atoms with Crippen molar-refractivity contribution in [1.82, 2.24) is 9.97 Å². The molecule has 3 nitrogen and oxygen atoms in total. The summed E-state index contributed by atoms with van der Waals surface area (Å²) in [6.45, 7) is 0. The van der Waals surface area contributed by atoms with Crippen LogP contribution in [0.25, 0.3) is 0 Å². The lowest BCUT2D eigenvalue weighted by Crippen LogP contribution is -1.89. The van der Waals surface area contributed by atoms with Gasteiger partial charge in [-0.05, 0) is 12.1 Å². The van der Waals surface area contributed by atoms with Crippen LogP contribution in [-0.4, -0.2) is 9.97 Å². The van der Waals surface area contributed by atoms with Crippen LogP contribution in [-0.2, 0) is 0 Å². The molecular formula is C11H6ClN3S. The fourth-order valence-corrected chi connectivity index (χ4v) is 2.19. The van der Waals surface area contributed by atoms with E-state index in [4.69, 9.17) is 16.9 Å². The highest BCUT2D eigenvalue weighted by atomic mass is 35.5. The van der Waals surface area contributed by atoms with Crippen LogP contribution in [0.3, 0.4) is 0 Å². The van der Waals surface area contributed by atoms with Crippen molar-refractivity contribution in [2.24, 2.45) is 0 Å². The number of aromatic nitrogens is 2. The fourth-order valence-electron chi connectivity index (χ4n) is 1.11. The van der Waals surface area contributed by atoms with Gasteiger partial charge in [0.1, 0.15) is 11.1 Å². The molecule has 2 rings (SSSR count). The third-order valence-corrected chi connectivity index (χ3v) is 3.32. The van der Waals surface area contributed by atoms with Crippen molar-refractivity contribution in [3.63, 3.8) is 0 Å². The van der Waals surface area contributed by atoms with E-state index in [2.05, 4.69) is 9.97 Å². The first kappa shape index (κ1) is 10.9. The molecule has 0 N–H and O–H groups in total. The topological polar surface area (TPSA) is 49.6 Å². The zero-order valence-corrected chi connectivity index (χ0v) is 9.66. The molecule has 0 radical (unpaired) electrons. The molecule has 0 unspecified atom stereocenters. The molecule has 1 aromatic heterocycles. The van der Waals surface area contributed by atoms with Crippen molar-refractivity contribution in [2.45, 2.75) is 9.92 Å². The number of halogens is 1. The first-order chi connectivity index (χ1) is 7.81. The van der Waals surface area contributed by atoms with Gasteiger partial charge in [-0.1, -0.05) is 35.5 Å². The van der Waals surface area contributed by atoms with Crippen molar-refractivity contribution in [3.05, 3.63) is 47.4 Å². The second kappa shape index (κ2) is 4.97. The largest absolute Gasteiger partial charge is 0.245 e. The van der Waals surface area contributed by atoms with Gasteiger partial charge in [0, 0.05) is 17.3 Å². The zero-order chi connectivity index (χ0) is 11.4. The van der Waals surface area contributed by atoms with Gasteiger partial charge in [0.2, 0.25) is 0 Å². The molecule has 0 fully saturated rings. The number of hydrogen-bond acceptors (Lipinski definition) is 4. The predicted molar refractivity (Wildman–Crippen MR) is 62.3 cm³/mol. The van der Waals surface area contributed by atoms with Crippen LogP contribution < -0.4 is 0 Å². The van der Waals surface area contributed by atoms with Gasteiger partial charge in [0.05, 0.1) is 5.02 Å². The van der Waals surface area contributed by atoms with Crippen LogP contribution in [0.1, 0.15) is 5.69 Å². The molecule has 0 saturated heterocycles. The first-order valence-electron chi connectivity index (χ1n) is 4.45. The Bertz CT molecular complexity index is 551. The average molecular weight is 248 g/mol. The molecule has 0 bridgehead atoms. The van der Waals surface area contributed by atoms with Gasteiger partial charge in [0.25, 0.3) is 0 Å². The molecule has 2 aromatic rings. The SMILES string of the molecule is N#Cc1nccnc1Sc1ccccc1Cl. The van der Waals surface area contributed by atoms with E-state index in [-0.39, 0.29) is 0 Å². The minimum atomic E-state index is 0.312. The Labute approximate surface area is 102 Å². The quantitative estimate of drug-likeness (QED) is 0.818. The van der Waals surface area contributed by atoms with Crippen molar-refractivity contribution in [3.8, 4) is 6.07 Å². The smallest absolute Gasteiger partial charge is 0.173 e. The standard InChI is InChI=1S/C11H6ClN3S/c12-8-3-1-2-4-10(8)16-11-9(7-13)14-5-6-15-11/h1-6H. The molecule has 5 heteroatoms. The van der Waals surface area contributed by atoms with E-state index in [1.807, 2.05) is 24.3 Å². The third-order valence-electron chi connectivity index (χ3n) is 1.81. The van der Waals surface area contributed by atoms with E-state index in [0.29, 0.717) is 15.7 Å². The van der Waals surface area contributed by atoms with Gasteiger partial charge in [-0.2, -0.15) is 5.26 Å². The van der Waals surface area contributed by atoms with Gasteiger partial charge in [-0.3, -0.25) is 0 Å². The molecule has 0 saturated carbocycles. The van der Waals surface area contributed by atoms with Gasteiger partial charge in [-0.25, -0.2) is 9.97 Å². The van der Waals surface area contributed by atoms with Crippen molar-refractivity contribution in [2.75, 3.05) is 0 Å². The molecule has 0 amide bonds. The van der Waals surface area contributed by atoms with Gasteiger partial charge in [0.15, 0.2) is 5.69 Å². The maximum Gasteiger partial charge on any atom is 0.173 e. The second-order valence-corrected chi connectivity index (χ2v) is 4.29. The minimum absolute atomic E-state index is 0.312. The summed E-state index contributed by atoms with van der Waals surface area (Å²) >= 11 is 7.36. The summed E-state index contributed by atoms with van der Waals surface area (Å²) in [5.41, 5.74) is 0.312. The number of benzene rings is 1. The lowest BCUT2D eigenvalue weighted by Gasteiger charge is -2.03. The van der Waals surface area contributed by atoms with Crippen molar-refractivity contribution < 1.29 is 0 Å². The number of hydrogen-bond donors (Lipinski definition) is 0. The fraction of sp³-hybridized carbons (Fsp3) is 0. The molecular weight excluding hydrogens is 242 g/mol. The molecule has 0 aliphatic carbocycles. The summed E-state index contributed by atoms with van der Waals surface area (Å²) in [6.07, 6.45) is 3.05. The van der Waals surface area contributed by atoms with E-state index >= 15 is 0 Å². The van der Waals surface area contributed by atoms with Crippen LogP contribution >= 0.6 is 23.4 Å². The molecule has 0 atom stereocenters. The van der Waals surface area contributed by atoms with Crippen LogP contribution in [0.15, 0.2) is 46.6 Å². The van der Waals surface area contributed by atoms with E-state index in [0.717, 1.165) is 4.90 Å². The van der Waals surface area contributed by atoms with Crippen LogP contribution in [0.5, 0.6) is 0 Å². The summed E-state index contributed by atoms with van der Waals surface area (Å²) in [5, 5.41) is 10.1. The third kappa shape index (κ3) is 2.32. The molecule has 1 aromatic carbocycles. The van der Waals surface area contributed by atoms with Gasteiger partial charge >= 0.3 is 0 Å². The van der Waals surface area contributed by atoms with Gasteiger partial charge < -0.3 is 0 Å². The number of nitriles is 1. The molecule has 16 heavy (non-hydrogen) atoms. The molecule has 0 aliphatic rings. The summed E-state index contributed by atoms with van der Waals surface area (Å²) in [6, 6.07) is 9.41. The molecule has 1 heterocycles. The van der Waals surface area contributed by atoms with E-state index in [1.165, 1.54) is 18.0 Å². The van der Waals surface area contributed by atoms with E-state index in [1.54, 1.807) is 12.3 Å². The monoisotopic (exact) mass is 247 g/mol. The Kier molecular flexibility index (Phi) is 3.40. The Morgan fingerprint density at radius 2 is 1.94 bits per heavy atom. The lowest BCUT2D eigenvalue weighted by molar-refractivity contribution is 1.02. The normalized spacial score (nSPS) is 9.75. The lowest BCUT2D eigenvalue weighted by atomic mass is 10.4. The van der Waals surface area contributed by atoms with Gasteiger partial charge in [-0.15, -0.1) is 0 Å². The number of rotatable bonds is 2. The minimum Gasteiger partial charge on any atom is -0.245 e. The zero-order valence-electron chi connectivity index (χ0n) is 8.09. The summed E-state index contributed by atoms with van der Waals surface area (Å²) in [4.78, 5) is 8.90.